The Labute approximate surface area is 260 Å². The van der Waals surface area contributed by atoms with Gasteiger partial charge in [-0.25, -0.2) is 9.56 Å². The van der Waals surface area contributed by atoms with Crippen LogP contribution < -0.4 is 4.74 Å². The zero-order chi connectivity index (χ0) is 32.1. The monoisotopic (exact) mass is 689 g/mol. The fraction of sp³-hybridized carbons (Fsp3) is 0.516. The topological polar surface area (TPSA) is 75.6 Å². The van der Waals surface area contributed by atoms with Crippen molar-refractivity contribution in [2.75, 3.05) is 19.8 Å². The molecule has 2 aromatic carbocycles. The molecule has 1 aliphatic heterocycles. The lowest BCUT2D eigenvalue weighted by Crippen LogP contribution is -2.33. The van der Waals surface area contributed by atoms with Gasteiger partial charge in [-0.15, -0.1) is 0 Å². The van der Waals surface area contributed by atoms with Gasteiger partial charge in [0.2, 0.25) is 0 Å². The summed E-state index contributed by atoms with van der Waals surface area (Å²) in [5.74, 6) is 0.121. The molecule has 0 fully saturated rings. The Morgan fingerprint density at radius 3 is 2.19 bits per heavy atom. The normalized spacial score (nSPS) is 18.2. The number of rotatable bonds is 12. The van der Waals surface area contributed by atoms with Crippen LogP contribution in [0, 0.1) is 0 Å². The molecule has 43 heavy (non-hydrogen) atoms. The molecule has 1 unspecified atom stereocenters. The van der Waals surface area contributed by atoms with Crippen molar-refractivity contribution in [3.8, 4) is 5.75 Å². The van der Waals surface area contributed by atoms with Crippen molar-refractivity contribution in [1.82, 2.24) is 0 Å². The predicted octanol–water partition coefficient (Wildman–Crippen LogP) is 9.44. The van der Waals surface area contributed by atoms with Gasteiger partial charge in [-0.2, -0.15) is 13.2 Å². The molecular weight excluding hydrogens is 650 g/mol. The molecule has 238 valence electrons. The first kappa shape index (κ1) is 35.3. The van der Waals surface area contributed by atoms with Crippen LogP contribution in [0.1, 0.15) is 71.6 Å². The standard InChI is InChI=1S/C31H40BrF3NO6P/c1-22-36-30(20-39-22,21-40-43(37,41-28(2,3)4)42-29(5,6)7)17-16-24-12-15-27(26(19-24)31(33,34)35)38-18-8-9-23-10-13-25(32)14-11-23/h10-17,19H,8-9,18,20-21H2,1-7H3. The summed E-state index contributed by atoms with van der Waals surface area (Å²) in [7, 11) is -4.07. The molecule has 0 amide bonds. The van der Waals surface area contributed by atoms with Gasteiger partial charge in [0.1, 0.15) is 17.9 Å². The minimum Gasteiger partial charge on any atom is -0.493 e. The number of benzene rings is 2. The number of alkyl halides is 3. The number of phosphoric acid groups is 1. The zero-order valence-electron chi connectivity index (χ0n) is 25.6. The Morgan fingerprint density at radius 1 is 1.02 bits per heavy atom. The SMILES string of the molecule is CC1=NC(C=Cc2ccc(OCCCc3ccc(Br)cc3)c(C(F)(F)F)c2)(COP(=O)(OC(C)(C)C)OC(C)(C)C)CO1. The lowest BCUT2D eigenvalue weighted by atomic mass is 10.0. The Kier molecular flexibility index (Phi) is 11.4. The molecule has 1 heterocycles. The molecule has 3 rings (SSSR count). The van der Waals surface area contributed by atoms with Gasteiger partial charge in [0.25, 0.3) is 0 Å². The van der Waals surface area contributed by atoms with Crippen molar-refractivity contribution in [3.05, 3.63) is 69.7 Å². The number of ether oxygens (including phenoxy) is 2. The van der Waals surface area contributed by atoms with E-state index in [1.54, 1.807) is 54.5 Å². The van der Waals surface area contributed by atoms with E-state index in [0.29, 0.717) is 18.7 Å². The fourth-order valence-electron chi connectivity index (χ4n) is 4.11. The molecular formula is C31H40BrF3NO6P. The summed E-state index contributed by atoms with van der Waals surface area (Å²) in [5, 5.41) is 0. The Hall–Kier alpha value is -2.17. The Morgan fingerprint density at radius 2 is 1.65 bits per heavy atom. The number of aryl methyl sites for hydroxylation is 1. The van der Waals surface area contributed by atoms with Crippen LogP contribution in [0.25, 0.3) is 6.08 Å². The average molecular weight is 691 g/mol. The highest BCUT2D eigenvalue weighted by molar-refractivity contribution is 9.10. The van der Waals surface area contributed by atoms with Crippen molar-refractivity contribution in [2.45, 2.75) is 84.2 Å². The quantitative estimate of drug-likeness (QED) is 0.163. The molecule has 0 radical (unpaired) electrons. The van der Waals surface area contributed by atoms with Crippen LogP contribution in [0.5, 0.6) is 5.75 Å². The van der Waals surface area contributed by atoms with Crippen molar-refractivity contribution >= 4 is 35.7 Å². The van der Waals surface area contributed by atoms with Crippen LogP contribution in [0.4, 0.5) is 13.2 Å². The zero-order valence-corrected chi connectivity index (χ0v) is 28.1. The number of phosphoric ester groups is 1. The summed E-state index contributed by atoms with van der Waals surface area (Å²) in [5.41, 5.74) is -2.39. The lowest BCUT2D eigenvalue weighted by molar-refractivity contribution is -0.139. The largest absolute Gasteiger partial charge is 0.493 e. The molecule has 0 saturated carbocycles. The first-order valence-corrected chi connectivity index (χ1v) is 16.2. The maximum Gasteiger partial charge on any atom is 0.475 e. The fourth-order valence-corrected chi connectivity index (χ4v) is 6.24. The van der Waals surface area contributed by atoms with Gasteiger partial charge >= 0.3 is 14.0 Å². The maximum absolute atomic E-state index is 14.0. The second-order valence-corrected chi connectivity index (χ2v) is 14.7. The minimum absolute atomic E-state index is 0.0338. The first-order chi connectivity index (χ1) is 19.8. The van der Waals surface area contributed by atoms with Gasteiger partial charge in [-0.05, 0) is 89.8 Å². The van der Waals surface area contributed by atoms with E-state index >= 15 is 0 Å². The van der Waals surface area contributed by atoms with Crippen LogP contribution >= 0.6 is 23.8 Å². The predicted molar refractivity (Wildman–Crippen MR) is 165 cm³/mol. The van der Waals surface area contributed by atoms with Gasteiger partial charge in [-0.3, -0.25) is 13.6 Å². The van der Waals surface area contributed by atoms with Crippen molar-refractivity contribution in [2.24, 2.45) is 4.99 Å². The maximum atomic E-state index is 14.0. The third-order valence-electron chi connectivity index (χ3n) is 5.83. The van der Waals surface area contributed by atoms with Crippen molar-refractivity contribution in [1.29, 1.82) is 0 Å². The van der Waals surface area contributed by atoms with E-state index in [2.05, 4.69) is 20.9 Å². The Balaban J connectivity index is 1.77. The molecule has 1 atom stereocenters. The highest BCUT2D eigenvalue weighted by atomic mass is 79.9. The van der Waals surface area contributed by atoms with E-state index in [1.165, 1.54) is 18.2 Å². The third-order valence-corrected chi connectivity index (χ3v) is 8.35. The van der Waals surface area contributed by atoms with Crippen LogP contribution in [-0.4, -0.2) is 42.5 Å². The van der Waals surface area contributed by atoms with Gasteiger partial charge in [0, 0.05) is 11.4 Å². The molecule has 0 bridgehead atoms. The number of halogens is 4. The summed E-state index contributed by atoms with van der Waals surface area (Å²) < 4.78 is 84.8. The molecule has 0 aromatic heterocycles. The van der Waals surface area contributed by atoms with Gasteiger partial charge in [0.15, 0.2) is 5.90 Å². The summed E-state index contributed by atoms with van der Waals surface area (Å²) in [6, 6.07) is 11.6. The molecule has 1 aliphatic rings. The van der Waals surface area contributed by atoms with Crippen LogP contribution in [-0.2, 0) is 35.5 Å². The number of aliphatic imine (C=N–C) groups is 1. The number of hydrogen-bond donors (Lipinski definition) is 0. The van der Waals surface area contributed by atoms with E-state index < -0.39 is 36.3 Å². The van der Waals surface area contributed by atoms with Gasteiger partial charge in [-0.1, -0.05) is 46.3 Å². The summed E-state index contributed by atoms with van der Waals surface area (Å²) in [6.07, 6.45) is -0.311. The molecule has 0 N–H and O–H groups in total. The van der Waals surface area contributed by atoms with Crippen molar-refractivity contribution in [3.63, 3.8) is 0 Å². The van der Waals surface area contributed by atoms with Gasteiger partial charge < -0.3 is 9.47 Å². The number of hydrogen-bond acceptors (Lipinski definition) is 7. The number of nitrogens with zero attached hydrogens (tertiary/aromatic N) is 1. The smallest absolute Gasteiger partial charge is 0.475 e. The molecule has 0 spiro atoms. The molecule has 7 nitrogen and oxygen atoms in total. The summed E-state index contributed by atoms with van der Waals surface area (Å²) >= 11 is 3.38. The average Bonchev–Trinajstić information content (AvgIpc) is 3.24. The highest BCUT2D eigenvalue weighted by Gasteiger charge is 2.42. The van der Waals surface area contributed by atoms with E-state index in [1.807, 2.05) is 24.3 Å². The molecule has 0 aliphatic carbocycles. The van der Waals surface area contributed by atoms with E-state index in [-0.39, 0.29) is 31.1 Å². The van der Waals surface area contributed by atoms with E-state index in [9.17, 15) is 17.7 Å². The first-order valence-electron chi connectivity index (χ1n) is 13.9. The lowest BCUT2D eigenvalue weighted by Gasteiger charge is -2.32. The summed E-state index contributed by atoms with van der Waals surface area (Å²) in [4.78, 5) is 4.50. The molecule has 0 saturated heterocycles. The van der Waals surface area contributed by atoms with Crippen LogP contribution in [0.3, 0.4) is 0 Å². The Bertz CT molecular complexity index is 1330. The van der Waals surface area contributed by atoms with E-state index in [0.717, 1.165) is 16.1 Å². The van der Waals surface area contributed by atoms with Gasteiger partial charge in [0.05, 0.1) is 30.0 Å². The van der Waals surface area contributed by atoms with Crippen LogP contribution in [0.2, 0.25) is 0 Å². The van der Waals surface area contributed by atoms with Crippen molar-refractivity contribution < 1.29 is 40.8 Å². The molecule has 12 heteroatoms. The minimum atomic E-state index is -4.63. The van der Waals surface area contributed by atoms with E-state index in [4.69, 9.17) is 23.0 Å². The van der Waals surface area contributed by atoms with Crippen LogP contribution in [0.15, 0.2) is 58.0 Å². The highest BCUT2D eigenvalue weighted by Crippen LogP contribution is 2.56. The third kappa shape index (κ3) is 11.7. The summed E-state index contributed by atoms with van der Waals surface area (Å²) in [6.45, 7) is 11.9. The second-order valence-electron chi connectivity index (χ2n) is 12.3. The second kappa shape index (κ2) is 13.9. The molecule has 2 aromatic rings.